The fraction of sp³-hybridized carbons (Fsp3) is 0.273. The molecule has 0 atom stereocenters. The second-order valence-corrected chi connectivity index (χ2v) is 3.46. The minimum atomic E-state index is 0.476. The Morgan fingerprint density at radius 2 is 2.08 bits per heavy atom. The highest BCUT2D eigenvalue weighted by Crippen LogP contribution is 2.16. The van der Waals surface area contributed by atoms with Crippen molar-refractivity contribution in [2.45, 2.75) is 19.8 Å². The largest absolute Gasteiger partial charge is 0.259 e. The van der Waals surface area contributed by atoms with Crippen LogP contribution >= 0.6 is 0 Å². The van der Waals surface area contributed by atoms with Gasteiger partial charge in [0.25, 0.3) is 0 Å². The van der Waals surface area contributed by atoms with Crippen LogP contribution in [0.4, 0.5) is 0 Å². The van der Waals surface area contributed by atoms with Gasteiger partial charge in [-0.15, -0.1) is 0 Å². The number of nitrogens with zero attached hydrogens (tertiary/aromatic N) is 2. The second kappa shape index (κ2) is 3.13. The minimum Gasteiger partial charge on any atom is -0.259 e. The van der Waals surface area contributed by atoms with E-state index in [4.69, 9.17) is 0 Å². The van der Waals surface area contributed by atoms with Crippen molar-refractivity contribution in [3.05, 3.63) is 36.3 Å². The van der Waals surface area contributed by atoms with Crippen molar-refractivity contribution in [2.75, 3.05) is 0 Å². The van der Waals surface area contributed by atoms with Crippen molar-refractivity contribution in [1.82, 2.24) is 9.97 Å². The van der Waals surface area contributed by atoms with E-state index in [2.05, 4.69) is 35.9 Å². The average Bonchev–Trinajstić information content (AvgIpc) is 2.17. The molecule has 0 unspecified atom stereocenters. The zero-order chi connectivity index (χ0) is 9.26. The smallest absolute Gasteiger partial charge is 0.0885 e. The molecule has 0 N–H and O–H groups in total. The summed E-state index contributed by atoms with van der Waals surface area (Å²) in [6.07, 6.45) is 3.63. The van der Waals surface area contributed by atoms with Crippen molar-refractivity contribution >= 4 is 10.9 Å². The lowest BCUT2D eigenvalue weighted by molar-refractivity contribution is 0.826. The first-order valence-electron chi connectivity index (χ1n) is 4.48. The first-order chi connectivity index (χ1) is 6.27. The molecule has 2 aromatic rings. The Hall–Kier alpha value is -1.44. The fourth-order valence-electron chi connectivity index (χ4n) is 1.31. The van der Waals surface area contributed by atoms with Crippen LogP contribution in [0.1, 0.15) is 25.5 Å². The molecule has 0 aromatic carbocycles. The van der Waals surface area contributed by atoms with E-state index in [1.165, 1.54) is 5.39 Å². The SMILES string of the molecule is CC(C)c1cc2cccnc2cn1. The minimum absolute atomic E-state index is 0.476. The van der Waals surface area contributed by atoms with Gasteiger partial charge >= 0.3 is 0 Å². The number of pyridine rings is 2. The van der Waals surface area contributed by atoms with Crippen LogP contribution in [-0.2, 0) is 0 Å². The molecule has 0 aliphatic carbocycles. The maximum absolute atomic E-state index is 4.34. The van der Waals surface area contributed by atoms with Gasteiger partial charge in [0.15, 0.2) is 0 Å². The molecule has 0 bridgehead atoms. The van der Waals surface area contributed by atoms with Crippen LogP contribution in [-0.4, -0.2) is 9.97 Å². The van der Waals surface area contributed by atoms with Crippen molar-refractivity contribution < 1.29 is 0 Å². The molecule has 0 saturated carbocycles. The van der Waals surface area contributed by atoms with Gasteiger partial charge in [0, 0.05) is 17.3 Å². The summed E-state index contributed by atoms with van der Waals surface area (Å²) in [6, 6.07) is 6.12. The van der Waals surface area contributed by atoms with E-state index in [-0.39, 0.29) is 0 Å². The third kappa shape index (κ3) is 1.52. The molecule has 2 nitrogen and oxygen atoms in total. The first kappa shape index (κ1) is 8.17. The Bertz CT molecular complexity index is 421. The number of aromatic nitrogens is 2. The molecule has 0 aliphatic heterocycles. The summed E-state index contributed by atoms with van der Waals surface area (Å²) in [6.45, 7) is 4.29. The summed E-state index contributed by atoms with van der Waals surface area (Å²) < 4.78 is 0. The highest BCUT2D eigenvalue weighted by Gasteiger charge is 2.01. The second-order valence-electron chi connectivity index (χ2n) is 3.46. The van der Waals surface area contributed by atoms with Gasteiger partial charge in [-0.2, -0.15) is 0 Å². The molecule has 66 valence electrons. The molecular formula is C11H12N2. The Kier molecular flexibility index (Phi) is 1.97. The van der Waals surface area contributed by atoms with E-state index in [0.29, 0.717) is 5.92 Å². The van der Waals surface area contributed by atoms with Crippen LogP contribution in [0.15, 0.2) is 30.6 Å². The molecule has 0 fully saturated rings. The molecule has 13 heavy (non-hydrogen) atoms. The van der Waals surface area contributed by atoms with Crippen LogP contribution in [0.25, 0.3) is 10.9 Å². The molecule has 2 aromatic heterocycles. The zero-order valence-corrected chi connectivity index (χ0v) is 7.86. The Balaban J connectivity index is 2.62. The van der Waals surface area contributed by atoms with Crippen molar-refractivity contribution in [3.8, 4) is 0 Å². The van der Waals surface area contributed by atoms with E-state index in [1.54, 1.807) is 6.20 Å². The van der Waals surface area contributed by atoms with Gasteiger partial charge in [0.05, 0.1) is 11.7 Å². The Labute approximate surface area is 77.6 Å². The van der Waals surface area contributed by atoms with Gasteiger partial charge in [-0.25, -0.2) is 0 Å². The molecule has 0 aliphatic rings. The number of hydrogen-bond acceptors (Lipinski definition) is 2. The standard InChI is InChI=1S/C11H12N2/c1-8(2)10-6-9-4-3-5-12-11(9)7-13-10/h3-8H,1-2H3. The highest BCUT2D eigenvalue weighted by molar-refractivity contribution is 5.77. The lowest BCUT2D eigenvalue weighted by Gasteiger charge is -2.04. The van der Waals surface area contributed by atoms with Crippen LogP contribution in [0, 0.1) is 0 Å². The van der Waals surface area contributed by atoms with E-state index >= 15 is 0 Å². The molecule has 2 heterocycles. The lowest BCUT2D eigenvalue weighted by Crippen LogP contribution is -1.92. The molecule has 0 radical (unpaired) electrons. The first-order valence-corrected chi connectivity index (χ1v) is 4.48. The summed E-state index contributed by atoms with van der Waals surface area (Å²) in [7, 11) is 0. The van der Waals surface area contributed by atoms with Crippen molar-refractivity contribution in [2.24, 2.45) is 0 Å². The summed E-state index contributed by atoms with van der Waals surface area (Å²) in [5, 5.41) is 1.17. The monoisotopic (exact) mass is 172 g/mol. The van der Waals surface area contributed by atoms with Gasteiger partial charge in [0.2, 0.25) is 0 Å². The molecule has 0 spiro atoms. The van der Waals surface area contributed by atoms with Gasteiger partial charge in [-0.1, -0.05) is 19.9 Å². The van der Waals surface area contributed by atoms with Gasteiger partial charge < -0.3 is 0 Å². The third-order valence-corrected chi connectivity index (χ3v) is 2.10. The summed E-state index contributed by atoms with van der Waals surface area (Å²) in [5.41, 5.74) is 2.09. The maximum Gasteiger partial charge on any atom is 0.0885 e. The maximum atomic E-state index is 4.34. The van der Waals surface area contributed by atoms with Gasteiger partial charge in [0.1, 0.15) is 0 Å². The summed E-state index contributed by atoms with van der Waals surface area (Å²) in [4.78, 5) is 8.56. The number of fused-ring (bicyclic) bond motifs is 1. The summed E-state index contributed by atoms with van der Waals surface area (Å²) >= 11 is 0. The molecular weight excluding hydrogens is 160 g/mol. The van der Waals surface area contributed by atoms with Crippen LogP contribution in [0.5, 0.6) is 0 Å². The normalized spacial score (nSPS) is 11.0. The van der Waals surface area contributed by atoms with E-state index < -0.39 is 0 Å². The number of hydrogen-bond donors (Lipinski definition) is 0. The predicted octanol–water partition coefficient (Wildman–Crippen LogP) is 2.75. The molecule has 2 rings (SSSR count). The van der Waals surface area contributed by atoms with Crippen LogP contribution in [0.2, 0.25) is 0 Å². The third-order valence-electron chi connectivity index (χ3n) is 2.10. The van der Waals surface area contributed by atoms with Crippen molar-refractivity contribution in [1.29, 1.82) is 0 Å². The quantitative estimate of drug-likeness (QED) is 0.661. The van der Waals surface area contributed by atoms with Crippen LogP contribution < -0.4 is 0 Å². The lowest BCUT2D eigenvalue weighted by atomic mass is 10.1. The summed E-state index contributed by atoms with van der Waals surface area (Å²) in [5.74, 6) is 0.476. The van der Waals surface area contributed by atoms with Gasteiger partial charge in [-0.3, -0.25) is 9.97 Å². The zero-order valence-electron chi connectivity index (χ0n) is 7.86. The Morgan fingerprint density at radius 1 is 1.23 bits per heavy atom. The molecule has 0 saturated heterocycles. The van der Waals surface area contributed by atoms with E-state index in [9.17, 15) is 0 Å². The highest BCUT2D eigenvalue weighted by atomic mass is 14.7. The van der Waals surface area contributed by atoms with Gasteiger partial charge in [-0.05, 0) is 18.1 Å². The fourth-order valence-corrected chi connectivity index (χ4v) is 1.31. The topological polar surface area (TPSA) is 25.8 Å². The average molecular weight is 172 g/mol. The Morgan fingerprint density at radius 3 is 2.85 bits per heavy atom. The predicted molar refractivity (Wildman–Crippen MR) is 53.6 cm³/mol. The van der Waals surface area contributed by atoms with E-state index in [1.807, 2.05) is 12.3 Å². The number of rotatable bonds is 1. The molecule has 0 amide bonds. The van der Waals surface area contributed by atoms with Crippen molar-refractivity contribution in [3.63, 3.8) is 0 Å². The van der Waals surface area contributed by atoms with Crippen LogP contribution in [0.3, 0.4) is 0 Å². The van der Waals surface area contributed by atoms with E-state index in [0.717, 1.165) is 11.2 Å². The molecule has 2 heteroatoms.